The highest BCUT2D eigenvalue weighted by molar-refractivity contribution is 4.95. The summed E-state index contributed by atoms with van der Waals surface area (Å²) in [5, 5.41) is 3.76. The summed E-state index contributed by atoms with van der Waals surface area (Å²) in [5.41, 5.74) is 0.266. The van der Waals surface area contributed by atoms with Crippen LogP contribution >= 0.6 is 0 Å². The molecule has 0 saturated carbocycles. The number of nitrogens with zero attached hydrogens (tertiary/aromatic N) is 1. The number of piperazine rings is 1. The molecule has 1 aliphatic heterocycles. The van der Waals surface area contributed by atoms with Crippen LogP contribution in [-0.4, -0.2) is 48.8 Å². The Morgan fingerprint density at radius 1 is 1.32 bits per heavy atom. The zero-order chi connectivity index (χ0) is 14.5. The summed E-state index contributed by atoms with van der Waals surface area (Å²) in [6, 6.07) is 0.653. The fourth-order valence-corrected chi connectivity index (χ4v) is 2.82. The first-order chi connectivity index (χ1) is 8.91. The molecule has 0 aromatic rings. The van der Waals surface area contributed by atoms with Crippen LogP contribution in [0.5, 0.6) is 0 Å². The second-order valence-electron chi connectivity index (χ2n) is 6.64. The molecule has 1 rings (SSSR count). The Hall–Kier alpha value is -0.120. The molecule has 1 N–H and O–H groups in total. The molecule has 3 unspecified atom stereocenters. The van der Waals surface area contributed by atoms with Crippen LogP contribution in [0.2, 0.25) is 0 Å². The van der Waals surface area contributed by atoms with E-state index < -0.39 is 0 Å². The van der Waals surface area contributed by atoms with Gasteiger partial charge in [0.15, 0.2) is 0 Å². The number of nitrogens with one attached hydrogen (secondary N) is 1. The first kappa shape index (κ1) is 16.9. The topological polar surface area (TPSA) is 24.5 Å². The van der Waals surface area contributed by atoms with Crippen molar-refractivity contribution in [3.05, 3.63) is 0 Å². The number of hydrogen-bond acceptors (Lipinski definition) is 3. The average Bonchev–Trinajstić information content (AvgIpc) is 2.38. The third kappa shape index (κ3) is 5.05. The zero-order valence-corrected chi connectivity index (χ0v) is 13.8. The minimum Gasteiger partial charge on any atom is -0.377 e. The van der Waals surface area contributed by atoms with Gasteiger partial charge in [-0.2, -0.15) is 0 Å². The summed E-state index contributed by atoms with van der Waals surface area (Å²) in [6.07, 6.45) is 2.76. The standard InChI is InChI=1S/C16H34N2O/c1-7-14(5)15-11-17-16(6,8-2)12-18(15)9-10-19-13(3)4/h13-15,17H,7-12H2,1-6H3. The molecule has 1 fully saturated rings. The molecule has 3 heteroatoms. The normalized spacial score (nSPS) is 30.8. The van der Waals surface area contributed by atoms with Crippen molar-refractivity contribution in [2.75, 3.05) is 26.2 Å². The molecule has 0 amide bonds. The predicted octanol–water partition coefficient (Wildman–Crippen LogP) is 2.90. The summed E-state index contributed by atoms with van der Waals surface area (Å²) in [5.74, 6) is 0.743. The average molecular weight is 270 g/mol. The molecule has 1 saturated heterocycles. The first-order valence-corrected chi connectivity index (χ1v) is 8.02. The van der Waals surface area contributed by atoms with E-state index in [2.05, 4.69) is 51.8 Å². The second-order valence-corrected chi connectivity index (χ2v) is 6.64. The summed E-state index contributed by atoms with van der Waals surface area (Å²) in [4.78, 5) is 2.65. The van der Waals surface area contributed by atoms with E-state index in [9.17, 15) is 0 Å². The van der Waals surface area contributed by atoms with Crippen LogP contribution in [-0.2, 0) is 4.74 Å². The van der Waals surface area contributed by atoms with Gasteiger partial charge in [0.1, 0.15) is 0 Å². The molecule has 3 nitrogen and oxygen atoms in total. The van der Waals surface area contributed by atoms with Crippen molar-refractivity contribution in [1.29, 1.82) is 0 Å². The molecule has 0 aromatic carbocycles. The maximum atomic E-state index is 5.75. The number of hydrogen-bond donors (Lipinski definition) is 1. The molecule has 1 heterocycles. The predicted molar refractivity (Wildman–Crippen MR) is 82.6 cm³/mol. The molecular weight excluding hydrogens is 236 g/mol. The Labute approximate surface area is 120 Å². The van der Waals surface area contributed by atoms with Gasteiger partial charge in [0.25, 0.3) is 0 Å². The van der Waals surface area contributed by atoms with E-state index in [-0.39, 0.29) is 5.54 Å². The highest BCUT2D eigenvalue weighted by atomic mass is 16.5. The maximum absolute atomic E-state index is 5.75. The maximum Gasteiger partial charge on any atom is 0.0597 e. The van der Waals surface area contributed by atoms with E-state index >= 15 is 0 Å². The van der Waals surface area contributed by atoms with Crippen LogP contribution < -0.4 is 5.32 Å². The minimum atomic E-state index is 0.266. The quantitative estimate of drug-likeness (QED) is 0.770. The van der Waals surface area contributed by atoms with Gasteiger partial charge in [-0.3, -0.25) is 4.90 Å². The molecule has 114 valence electrons. The molecule has 0 bridgehead atoms. The SMILES string of the molecule is CCC(C)C1CNC(C)(CC)CN1CCOC(C)C. The summed E-state index contributed by atoms with van der Waals surface area (Å²) in [6.45, 7) is 17.7. The van der Waals surface area contributed by atoms with E-state index in [0.717, 1.165) is 32.2 Å². The highest BCUT2D eigenvalue weighted by Crippen LogP contribution is 2.24. The Morgan fingerprint density at radius 2 is 2.00 bits per heavy atom. The third-order valence-corrected chi connectivity index (χ3v) is 4.67. The van der Waals surface area contributed by atoms with Crippen LogP contribution in [0.15, 0.2) is 0 Å². The van der Waals surface area contributed by atoms with Gasteiger partial charge in [-0.05, 0) is 33.1 Å². The first-order valence-electron chi connectivity index (χ1n) is 8.02. The van der Waals surface area contributed by atoms with Crippen LogP contribution in [0.3, 0.4) is 0 Å². The van der Waals surface area contributed by atoms with Crippen LogP contribution in [0, 0.1) is 5.92 Å². The summed E-state index contributed by atoms with van der Waals surface area (Å²) in [7, 11) is 0. The Bertz CT molecular complexity index is 257. The smallest absolute Gasteiger partial charge is 0.0597 e. The van der Waals surface area contributed by atoms with Crippen molar-refractivity contribution in [2.24, 2.45) is 5.92 Å². The lowest BCUT2D eigenvalue weighted by Crippen LogP contribution is -2.64. The zero-order valence-electron chi connectivity index (χ0n) is 13.8. The largest absolute Gasteiger partial charge is 0.377 e. The van der Waals surface area contributed by atoms with Crippen molar-refractivity contribution < 1.29 is 4.74 Å². The molecular formula is C16H34N2O. The molecule has 0 spiro atoms. The van der Waals surface area contributed by atoms with E-state index in [4.69, 9.17) is 4.74 Å². The van der Waals surface area contributed by atoms with Gasteiger partial charge in [-0.15, -0.1) is 0 Å². The third-order valence-electron chi connectivity index (χ3n) is 4.67. The van der Waals surface area contributed by atoms with Crippen molar-refractivity contribution in [3.8, 4) is 0 Å². The van der Waals surface area contributed by atoms with Crippen molar-refractivity contribution in [3.63, 3.8) is 0 Å². The summed E-state index contributed by atoms with van der Waals surface area (Å²) < 4.78 is 5.75. The fraction of sp³-hybridized carbons (Fsp3) is 1.00. The fourth-order valence-electron chi connectivity index (χ4n) is 2.82. The second kappa shape index (κ2) is 7.61. The number of rotatable bonds is 7. The van der Waals surface area contributed by atoms with E-state index in [1.165, 1.54) is 12.8 Å². The Morgan fingerprint density at radius 3 is 2.53 bits per heavy atom. The lowest BCUT2D eigenvalue weighted by atomic mass is 9.88. The molecule has 3 atom stereocenters. The van der Waals surface area contributed by atoms with Gasteiger partial charge in [0, 0.05) is 31.2 Å². The minimum absolute atomic E-state index is 0.266. The van der Waals surface area contributed by atoms with Crippen LogP contribution in [0.25, 0.3) is 0 Å². The van der Waals surface area contributed by atoms with Gasteiger partial charge < -0.3 is 10.1 Å². The molecule has 19 heavy (non-hydrogen) atoms. The Balaban J connectivity index is 2.60. The van der Waals surface area contributed by atoms with E-state index in [1.54, 1.807) is 0 Å². The van der Waals surface area contributed by atoms with Gasteiger partial charge in [0.05, 0.1) is 12.7 Å². The molecule has 1 aliphatic rings. The van der Waals surface area contributed by atoms with Gasteiger partial charge in [0.2, 0.25) is 0 Å². The lowest BCUT2D eigenvalue weighted by molar-refractivity contribution is 0.00937. The van der Waals surface area contributed by atoms with Crippen molar-refractivity contribution in [2.45, 2.75) is 72.1 Å². The van der Waals surface area contributed by atoms with Crippen molar-refractivity contribution in [1.82, 2.24) is 10.2 Å². The van der Waals surface area contributed by atoms with Crippen molar-refractivity contribution >= 4 is 0 Å². The molecule has 0 aliphatic carbocycles. The van der Waals surface area contributed by atoms with Crippen LogP contribution in [0.1, 0.15) is 54.4 Å². The lowest BCUT2D eigenvalue weighted by Gasteiger charge is -2.48. The molecule has 0 aromatic heterocycles. The van der Waals surface area contributed by atoms with Crippen LogP contribution in [0.4, 0.5) is 0 Å². The monoisotopic (exact) mass is 270 g/mol. The molecule has 0 radical (unpaired) electrons. The van der Waals surface area contributed by atoms with E-state index in [0.29, 0.717) is 12.1 Å². The highest BCUT2D eigenvalue weighted by Gasteiger charge is 2.36. The number of ether oxygens (including phenoxy) is 1. The Kier molecular flexibility index (Phi) is 6.78. The van der Waals surface area contributed by atoms with Gasteiger partial charge >= 0.3 is 0 Å². The van der Waals surface area contributed by atoms with Gasteiger partial charge in [-0.1, -0.05) is 27.2 Å². The summed E-state index contributed by atoms with van der Waals surface area (Å²) >= 11 is 0. The van der Waals surface area contributed by atoms with E-state index in [1.807, 2.05) is 0 Å². The van der Waals surface area contributed by atoms with Gasteiger partial charge in [-0.25, -0.2) is 0 Å².